The van der Waals surface area contributed by atoms with Crippen LogP contribution in [0, 0.1) is 20.8 Å². The van der Waals surface area contributed by atoms with Gasteiger partial charge in [0, 0.05) is 11.1 Å². The first-order valence-corrected chi connectivity index (χ1v) is 6.02. The summed E-state index contributed by atoms with van der Waals surface area (Å²) < 4.78 is 5.71. The summed E-state index contributed by atoms with van der Waals surface area (Å²) in [6, 6.07) is 5.60. The molecule has 4 heteroatoms. The van der Waals surface area contributed by atoms with E-state index in [2.05, 4.69) is 4.98 Å². The first-order chi connectivity index (χ1) is 8.47. The predicted molar refractivity (Wildman–Crippen MR) is 74.4 cm³/mol. The van der Waals surface area contributed by atoms with Gasteiger partial charge in [0.25, 0.3) is 0 Å². The van der Waals surface area contributed by atoms with E-state index in [4.69, 9.17) is 22.1 Å². The minimum atomic E-state index is 0.530. The molecule has 94 valence electrons. The van der Waals surface area contributed by atoms with Gasteiger partial charge in [0.2, 0.25) is 5.88 Å². The van der Waals surface area contributed by atoms with Crippen molar-refractivity contribution in [3.8, 4) is 11.6 Å². The van der Waals surface area contributed by atoms with Gasteiger partial charge in [-0.3, -0.25) is 0 Å². The molecule has 2 rings (SSSR count). The van der Waals surface area contributed by atoms with Crippen LogP contribution in [0.1, 0.15) is 16.7 Å². The van der Waals surface area contributed by atoms with E-state index < -0.39 is 0 Å². The molecule has 0 aliphatic heterocycles. The Morgan fingerprint density at radius 2 is 1.67 bits per heavy atom. The lowest BCUT2D eigenvalue weighted by molar-refractivity contribution is 0.462. The summed E-state index contributed by atoms with van der Waals surface area (Å²) in [6.45, 7) is 5.82. The Balaban J connectivity index is 2.31. The number of nitrogens with zero attached hydrogens (tertiary/aromatic N) is 1. The van der Waals surface area contributed by atoms with Gasteiger partial charge in [0.05, 0.1) is 11.9 Å². The highest BCUT2D eigenvalue weighted by Gasteiger charge is 2.06. The van der Waals surface area contributed by atoms with Gasteiger partial charge in [0.1, 0.15) is 5.75 Å². The maximum Gasteiger partial charge on any atom is 0.219 e. The molecule has 0 atom stereocenters. The van der Waals surface area contributed by atoms with Crippen molar-refractivity contribution in [2.45, 2.75) is 20.8 Å². The second-order valence-electron chi connectivity index (χ2n) is 4.35. The average molecular weight is 263 g/mol. The van der Waals surface area contributed by atoms with E-state index in [9.17, 15) is 0 Å². The smallest absolute Gasteiger partial charge is 0.219 e. The number of nitrogen functional groups attached to an aromatic ring is 1. The monoisotopic (exact) mass is 262 g/mol. The number of aryl methyl sites for hydroxylation is 3. The number of rotatable bonds is 2. The Labute approximate surface area is 112 Å². The van der Waals surface area contributed by atoms with Crippen LogP contribution in [-0.2, 0) is 0 Å². The van der Waals surface area contributed by atoms with Crippen molar-refractivity contribution in [1.29, 1.82) is 0 Å². The second kappa shape index (κ2) is 4.86. The SMILES string of the molecule is Cc1cc(Oc2cc(C)c(Cl)c(C)c2)ncc1N. The fraction of sp³-hybridized carbons (Fsp3) is 0.214. The van der Waals surface area contributed by atoms with Crippen molar-refractivity contribution in [2.24, 2.45) is 0 Å². The third kappa shape index (κ3) is 2.57. The summed E-state index contributed by atoms with van der Waals surface area (Å²) in [7, 11) is 0. The maximum atomic E-state index is 6.11. The van der Waals surface area contributed by atoms with Gasteiger partial charge in [-0.15, -0.1) is 0 Å². The molecule has 0 bridgehead atoms. The predicted octanol–water partition coefficient (Wildman–Crippen LogP) is 4.03. The highest BCUT2D eigenvalue weighted by atomic mass is 35.5. The van der Waals surface area contributed by atoms with Crippen molar-refractivity contribution < 1.29 is 4.74 Å². The van der Waals surface area contributed by atoms with Gasteiger partial charge < -0.3 is 10.5 Å². The highest BCUT2D eigenvalue weighted by molar-refractivity contribution is 6.32. The third-order valence-electron chi connectivity index (χ3n) is 2.76. The van der Waals surface area contributed by atoms with Crippen LogP contribution in [0.3, 0.4) is 0 Å². The molecule has 0 spiro atoms. The number of nitrogens with two attached hydrogens (primary N) is 1. The number of benzene rings is 1. The Morgan fingerprint density at radius 1 is 1.06 bits per heavy atom. The summed E-state index contributed by atoms with van der Waals surface area (Å²) in [5, 5.41) is 0.767. The standard InChI is InChI=1S/C14H15ClN2O/c1-8-6-13(17-7-12(8)16)18-11-4-9(2)14(15)10(3)5-11/h4-7H,16H2,1-3H3. The highest BCUT2D eigenvalue weighted by Crippen LogP contribution is 2.29. The van der Waals surface area contributed by atoms with Crippen LogP contribution in [0.2, 0.25) is 5.02 Å². The van der Waals surface area contributed by atoms with Gasteiger partial charge in [-0.1, -0.05) is 11.6 Å². The summed E-state index contributed by atoms with van der Waals surface area (Å²) in [5.41, 5.74) is 9.29. The molecule has 1 aromatic heterocycles. The number of pyridine rings is 1. The fourth-order valence-electron chi connectivity index (χ4n) is 1.68. The van der Waals surface area contributed by atoms with E-state index in [1.165, 1.54) is 0 Å². The summed E-state index contributed by atoms with van der Waals surface area (Å²) >= 11 is 6.11. The number of halogens is 1. The molecule has 3 nitrogen and oxygen atoms in total. The fourth-order valence-corrected chi connectivity index (χ4v) is 1.79. The molecule has 1 aromatic carbocycles. The number of ether oxygens (including phenoxy) is 1. The first-order valence-electron chi connectivity index (χ1n) is 5.64. The number of hydrogen-bond donors (Lipinski definition) is 1. The van der Waals surface area contributed by atoms with Crippen LogP contribution in [0.25, 0.3) is 0 Å². The van der Waals surface area contributed by atoms with E-state index in [1.54, 1.807) is 6.20 Å². The quantitative estimate of drug-likeness (QED) is 0.889. The van der Waals surface area contributed by atoms with E-state index in [0.29, 0.717) is 11.6 Å². The van der Waals surface area contributed by atoms with E-state index >= 15 is 0 Å². The lowest BCUT2D eigenvalue weighted by Gasteiger charge is -2.09. The molecule has 0 saturated heterocycles. The van der Waals surface area contributed by atoms with Gasteiger partial charge >= 0.3 is 0 Å². The second-order valence-corrected chi connectivity index (χ2v) is 4.73. The Kier molecular flexibility index (Phi) is 3.43. The van der Waals surface area contributed by atoms with Gasteiger partial charge in [-0.05, 0) is 49.6 Å². The molecule has 0 saturated carbocycles. The van der Waals surface area contributed by atoms with Crippen molar-refractivity contribution in [3.63, 3.8) is 0 Å². The minimum Gasteiger partial charge on any atom is -0.439 e. The lowest BCUT2D eigenvalue weighted by atomic mass is 10.1. The lowest BCUT2D eigenvalue weighted by Crippen LogP contribution is -1.94. The van der Waals surface area contributed by atoms with E-state index in [1.807, 2.05) is 39.0 Å². The molecular weight excluding hydrogens is 248 g/mol. The zero-order chi connectivity index (χ0) is 13.3. The molecule has 0 unspecified atom stereocenters. The number of anilines is 1. The van der Waals surface area contributed by atoms with Crippen LogP contribution in [0.5, 0.6) is 11.6 Å². The Hall–Kier alpha value is -1.74. The largest absolute Gasteiger partial charge is 0.439 e. The average Bonchev–Trinajstić information content (AvgIpc) is 2.31. The maximum absolute atomic E-state index is 6.11. The molecule has 2 N–H and O–H groups in total. The molecule has 0 aliphatic rings. The molecule has 0 radical (unpaired) electrons. The molecule has 18 heavy (non-hydrogen) atoms. The molecule has 0 fully saturated rings. The number of aromatic nitrogens is 1. The third-order valence-corrected chi connectivity index (χ3v) is 3.35. The van der Waals surface area contributed by atoms with Crippen molar-refractivity contribution in [3.05, 3.63) is 46.1 Å². The van der Waals surface area contributed by atoms with Crippen LogP contribution >= 0.6 is 11.6 Å². The Morgan fingerprint density at radius 3 is 2.22 bits per heavy atom. The first kappa shape index (κ1) is 12.7. The molecule has 0 amide bonds. The summed E-state index contributed by atoms with van der Waals surface area (Å²) in [4.78, 5) is 4.14. The van der Waals surface area contributed by atoms with Gasteiger partial charge in [-0.25, -0.2) is 4.98 Å². The molecule has 0 aliphatic carbocycles. The van der Waals surface area contributed by atoms with E-state index in [0.717, 1.165) is 27.5 Å². The summed E-state index contributed by atoms with van der Waals surface area (Å²) in [5.74, 6) is 1.26. The normalized spacial score (nSPS) is 10.4. The van der Waals surface area contributed by atoms with Crippen molar-refractivity contribution in [2.75, 3.05) is 5.73 Å². The van der Waals surface area contributed by atoms with Crippen molar-refractivity contribution in [1.82, 2.24) is 4.98 Å². The van der Waals surface area contributed by atoms with Crippen LogP contribution in [0.4, 0.5) is 5.69 Å². The van der Waals surface area contributed by atoms with Crippen LogP contribution in [0.15, 0.2) is 24.4 Å². The minimum absolute atomic E-state index is 0.530. The van der Waals surface area contributed by atoms with Gasteiger partial charge in [0.15, 0.2) is 0 Å². The molecule has 2 aromatic rings. The van der Waals surface area contributed by atoms with E-state index in [-0.39, 0.29) is 0 Å². The zero-order valence-electron chi connectivity index (χ0n) is 10.6. The zero-order valence-corrected chi connectivity index (χ0v) is 11.4. The van der Waals surface area contributed by atoms with Crippen LogP contribution in [-0.4, -0.2) is 4.98 Å². The summed E-state index contributed by atoms with van der Waals surface area (Å²) in [6.07, 6.45) is 1.60. The van der Waals surface area contributed by atoms with Gasteiger partial charge in [-0.2, -0.15) is 0 Å². The Bertz CT molecular complexity index is 573. The number of hydrogen-bond acceptors (Lipinski definition) is 3. The molecular formula is C14H15ClN2O. The van der Waals surface area contributed by atoms with Crippen LogP contribution < -0.4 is 10.5 Å². The topological polar surface area (TPSA) is 48.1 Å². The molecule has 1 heterocycles. The van der Waals surface area contributed by atoms with Crippen molar-refractivity contribution >= 4 is 17.3 Å².